The zero-order valence-corrected chi connectivity index (χ0v) is 37.8. The minimum atomic E-state index is -1.56. The number of carbonyl (C=O) groups is 3. The van der Waals surface area contributed by atoms with Crippen LogP contribution in [0.25, 0.3) is 0 Å². The van der Waals surface area contributed by atoms with Gasteiger partial charge in [0.1, 0.15) is 49.0 Å². The SMILES string of the molecule is CC[C@H]1OC(=O)C[C@@H](O)[C@H](C)[C@@H](O[C@@H]2O[C@H](C)[C@@H](O[C@H]3C[C@@](C)(O)[C@@H](O)[C@H](C)O3)[C@H](N(C)C)[C@H]2O)[C@@H](CC=O)C[C@@H](C)C(=O)/C=C/C(C)=C\[C@@H]1CO[C@@H]1O[C@H](C)[C@@H](O)[C@@H](O)[C@H]1O. The second-order valence-electron chi connectivity index (χ2n) is 18.3. The molecule has 0 aromatic carbocycles. The first kappa shape index (κ1) is 52.4. The van der Waals surface area contributed by atoms with Gasteiger partial charge in [0, 0.05) is 30.6 Å². The summed E-state index contributed by atoms with van der Waals surface area (Å²) < 4.78 is 42.6. The summed E-state index contributed by atoms with van der Waals surface area (Å²) in [5, 5.41) is 76.0. The van der Waals surface area contributed by atoms with E-state index in [9.17, 15) is 50.1 Å². The van der Waals surface area contributed by atoms with Gasteiger partial charge in [0.25, 0.3) is 0 Å². The quantitative estimate of drug-likeness (QED) is 0.110. The number of likely N-dealkylation sites (N-methyl/N-ethyl adjacent to an activating group) is 1. The lowest BCUT2D eigenvalue weighted by atomic mass is 9.79. The van der Waals surface area contributed by atoms with Gasteiger partial charge in [0.2, 0.25) is 0 Å². The van der Waals surface area contributed by atoms with Crippen molar-refractivity contribution in [1.82, 2.24) is 4.90 Å². The van der Waals surface area contributed by atoms with Crippen molar-refractivity contribution < 1.29 is 83.3 Å². The minimum Gasteiger partial charge on any atom is -0.462 e. The van der Waals surface area contributed by atoms with Crippen LogP contribution in [0.4, 0.5) is 0 Å². The first-order valence-corrected chi connectivity index (χ1v) is 21.9. The van der Waals surface area contributed by atoms with Gasteiger partial charge in [-0.25, -0.2) is 0 Å². The van der Waals surface area contributed by atoms with Gasteiger partial charge >= 0.3 is 5.97 Å². The number of nitrogens with zero attached hydrogens (tertiary/aromatic N) is 1. The third-order valence-electron chi connectivity index (χ3n) is 12.9. The summed E-state index contributed by atoms with van der Waals surface area (Å²) in [6.45, 7) is 13.1. The molecule has 62 heavy (non-hydrogen) atoms. The number of hydrogen-bond acceptors (Lipinski definition) is 18. The topological polar surface area (TPSA) is 261 Å². The molecular weight excluding hydrogens is 814 g/mol. The number of cyclic esters (lactones) is 1. The largest absolute Gasteiger partial charge is 0.462 e. The van der Waals surface area contributed by atoms with Crippen molar-refractivity contribution >= 4 is 18.0 Å². The highest BCUT2D eigenvalue weighted by Gasteiger charge is 2.51. The molecule has 7 N–H and O–H groups in total. The van der Waals surface area contributed by atoms with Crippen molar-refractivity contribution in [1.29, 1.82) is 0 Å². The van der Waals surface area contributed by atoms with E-state index >= 15 is 0 Å². The fraction of sp³-hybridized carbons (Fsp3) is 0.841. The third-order valence-corrected chi connectivity index (χ3v) is 12.9. The maximum atomic E-state index is 13.6. The number of allylic oxidation sites excluding steroid dienone is 3. The number of hydrogen-bond donors (Lipinski definition) is 7. The molecule has 0 unspecified atom stereocenters. The Balaban J connectivity index is 1.61. The summed E-state index contributed by atoms with van der Waals surface area (Å²) in [4.78, 5) is 41.3. The third kappa shape index (κ3) is 13.0. The molecule has 4 aliphatic rings. The van der Waals surface area contributed by atoms with E-state index < -0.39 is 140 Å². The van der Waals surface area contributed by atoms with Crippen molar-refractivity contribution in [3.8, 4) is 0 Å². The Labute approximate surface area is 365 Å². The van der Waals surface area contributed by atoms with E-state index in [2.05, 4.69) is 0 Å². The highest BCUT2D eigenvalue weighted by atomic mass is 16.7. The number of ketones is 1. The van der Waals surface area contributed by atoms with Crippen molar-refractivity contribution in [2.45, 2.75) is 191 Å². The first-order chi connectivity index (χ1) is 29.0. The van der Waals surface area contributed by atoms with Crippen LogP contribution in [-0.2, 0) is 47.5 Å². The van der Waals surface area contributed by atoms with Gasteiger partial charge < -0.3 is 78.6 Å². The van der Waals surface area contributed by atoms with Gasteiger partial charge in [0.15, 0.2) is 24.7 Å². The number of carbonyl (C=O) groups excluding carboxylic acids is 3. The van der Waals surface area contributed by atoms with Crippen LogP contribution < -0.4 is 0 Å². The molecule has 0 bridgehead atoms. The molecule has 3 saturated heterocycles. The van der Waals surface area contributed by atoms with E-state index in [1.165, 1.54) is 19.9 Å². The molecule has 0 aliphatic carbocycles. The van der Waals surface area contributed by atoms with E-state index in [4.69, 9.17) is 33.2 Å². The molecule has 3 fully saturated rings. The van der Waals surface area contributed by atoms with E-state index in [1.807, 2.05) is 0 Å². The second kappa shape index (κ2) is 22.8. The Morgan fingerprint density at radius 3 is 2.13 bits per heavy atom. The molecule has 0 radical (unpaired) electrons. The van der Waals surface area contributed by atoms with Crippen LogP contribution in [0.5, 0.6) is 0 Å². The number of aliphatic hydroxyl groups excluding tert-OH is 6. The predicted molar refractivity (Wildman–Crippen MR) is 221 cm³/mol. The Kier molecular flexibility index (Phi) is 19.2. The molecule has 18 heteroatoms. The molecule has 356 valence electrons. The number of aliphatic hydroxyl groups is 7. The van der Waals surface area contributed by atoms with Crippen LogP contribution in [0.3, 0.4) is 0 Å². The van der Waals surface area contributed by atoms with E-state index in [0.29, 0.717) is 18.3 Å². The molecule has 0 saturated carbocycles. The summed E-state index contributed by atoms with van der Waals surface area (Å²) in [7, 11) is 3.48. The fourth-order valence-electron chi connectivity index (χ4n) is 9.02. The minimum absolute atomic E-state index is 0.0454. The molecule has 4 rings (SSSR count). The lowest BCUT2D eigenvalue weighted by Gasteiger charge is -2.50. The Morgan fingerprint density at radius 2 is 1.52 bits per heavy atom. The lowest BCUT2D eigenvalue weighted by Crippen LogP contribution is -2.65. The maximum absolute atomic E-state index is 13.6. The number of esters is 1. The van der Waals surface area contributed by atoms with Crippen molar-refractivity contribution in [3.63, 3.8) is 0 Å². The van der Waals surface area contributed by atoms with Crippen LogP contribution in [0, 0.1) is 23.7 Å². The van der Waals surface area contributed by atoms with Crippen molar-refractivity contribution in [2.75, 3.05) is 20.7 Å². The summed E-state index contributed by atoms with van der Waals surface area (Å²) in [5.41, 5.74) is -0.876. The summed E-state index contributed by atoms with van der Waals surface area (Å²) >= 11 is 0. The second-order valence-corrected chi connectivity index (χ2v) is 18.3. The van der Waals surface area contributed by atoms with Crippen LogP contribution in [0.15, 0.2) is 23.8 Å². The van der Waals surface area contributed by atoms with Crippen molar-refractivity contribution in [3.05, 3.63) is 23.8 Å². The lowest BCUT2D eigenvalue weighted by molar-refractivity contribution is -0.341. The average Bonchev–Trinajstić information content (AvgIpc) is 3.20. The molecule has 0 amide bonds. The molecule has 0 aromatic rings. The van der Waals surface area contributed by atoms with Gasteiger partial charge in [-0.05, 0) is 73.5 Å². The smallest absolute Gasteiger partial charge is 0.308 e. The normalized spacial score (nSPS) is 47.0. The van der Waals surface area contributed by atoms with E-state index in [0.717, 1.165) is 0 Å². The Bertz CT molecular complexity index is 1530. The summed E-state index contributed by atoms with van der Waals surface area (Å²) in [6, 6.07) is -0.761. The first-order valence-electron chi connectivity index (χ1n) is 21.9. The van der Waals surface area contributed by atoms with Crippen LogP contribution in [0.2, 0.25) is 0 Å². The summed E-state index contributed by atoms with van der Waals surface area (Å²) in [6.07, 6.45) is -11.6. The monoisotopic (exact) mass is 887 g/mol. The van der Waals surface area contributed by atoms with Crippen molar-refractivity contribution in [2.24, 2.45) is 23.7 Å². The Morgan fingerprint density at radius 1 is 0.855 bits per heavy atom. The molecule has 0 aromatic heterocycles. The van der Waals surface area contributed by atoms with E-state index in [-0.39, 0.29) is 31.7 Å². The maximum Gasteiger partial charge on any atom is 0.308 e. The van der Waals surface area contributed by atoms with Crippen LogP contribution in [-0.4, -0.2) is 183 Å². The molecule has 4 heterocycles. The van der Waals surface area contributed by atoms with Crippen LogP contribution in [0.1, 0.15) is 87.5 Å². The average molecular weight is 888 g/mol. The van der Waals surface area contributed by atoms with Gasteiger partial charge in [-0.3, -0.25) is 9.59 Å². The molecule has 4 aliphatic heterocycles. The highest BCUT2D eigenvalue weighted by molar-refractivity contribution is 5.91. The van der Waals surface area contributed by atoms with Gasteiger partial charge in [-0.15, -0.1) is 0 Å². The van der Waals surface area contributed by atoms with Gasteiger partial charge in [-0.2, -0.15) is 0 Å². The van der Waals surface area contributed by atoms with Gasteiger partial charge in [-0.1, -0.05) is 38.5 Å². The number of ether oxygens (including phenoxy) is 7. The molecule has 21 atom stereocenters. The fourth-order valence-corrected chi connectivity index (χ4v) is 9.02. The Hall–Kier alpha value is -2.27. The molecule has 18 nitrogen and oxygen atoms in total. The number of aldehydes is 1. The summed E-state index contributed by atoms with van der Waals surface area (Å²) in [5.74, 6) is -3.84. The van der Waals surface area contributed by atoms with E-state index in [1.54, 1.807) is 72.7 Å². The standard InChI is InChI=1S/C44H73NO17/c1-11-31-28(20-56-42-38(53)37(52)35(50)24(5)58-42)16-21(2)12-13-29(47)22(3)17-27(14-15-46)39(23(4)30(48)18-32(49)60-31)62-43-36(51)34(45(9)10)40(25(6)59-43)61-33-19-44(8,55)41(54)26(7)57-33/h12-13,15-16,22-28,30-31,33-43,48,50-55H,11,14,17-20H2,1-10H3/b13-12+,21-16-/t22-,23+,24-,25-,26+,27+,28-,30-,31-,33+,34-,35-,36-,37-,38-,39-,40-,41+,42-,43+,44-/m1/s1. The highest BCUT2D eigenvalue weighted by Crippen LogP contribution is 2.37. The van der Waals surface area contributed by atoms with Gasteiger partial charge in [0.05, 0.1) is 55.2 Å². The molecule has 0 spiro atoms. The zero-order chi connectivity index (χ0) is 46.4. The van der Waals surface area contributed by atoms with Crippen LogP contribution >= 0.6 is 0 Å². The number of rotatable bonds is 11. The molecular formula is C44H73NO17. The predicted octanol–water partition coefficient (Wildman–Crippen LogP) is 0.525. The zero-order valence-electron chi connectivity index (χ0n) is 37.8.